The molecule has 2 aliphatic rings. The summed E-state index contributed by atoms with van der Waals surface area (Å²) in [6, 6.07) is 13.4. The molecular weight excluding hydrogens is 456 g/mol. The van der Waals surface area contributed by atoms with Crippen molar-refractivity contribution < 1.29 is 24.2 Å². The number of carboxylic acid groups (broad SMARTS) is 1. The van der Waals surface area contributed by atoms with Gasteiger partial charge < -0.3 is 14.7 Å². The molecule has 1 amide bonds. The number of hydrogen-bond donors (Lipinski definition) is 2. The summed E-state index contributed by atoms with van der Waals surface area (Å²) in [6.45, 7) is 3.94. The number of benzene rings is 2. The Balaban J connectivity index is 0.00000324. The van der Waals surface area contributed by atoms with E-state index in [-0.39, 0.29) is 49.8 Å². The van der Waals surface area contributed by atoms with Gasteiger partial charge in [-0.3, -0.25) is 14.9 Å². The molecule has 0 aromatic heterocycles. The van der Waals surface area contributed by atoms with E-state index in [1.54, 1.807) is 13.8 Å². The highest BCUT2D eigenvalue weighted by atomic mass is 35.5. The molecule has 8 heteroatoms. The Morgan fingerprint density at radius 1 is 1.00 bits per heavy atom. The zero-order chi connectivity index (χ0) is 23.5. The lowest BCUT2D eigenvalue weighted by Crippen LogP contribution is -2.57. The summed E-state index contributed by atoms with van der Waals surface area (Å²) in [5.74, 6) is -1.78. The number of halogens is 1. The Morgan fingerprint density at radius 3 is 2.06 bits per heavy atom. The fourth-order valence-electron chi connectivity index (χ4n) is 5.02. The van der Waals surface area contributed by atoms with Crippen molar-refractivity contribution in [3.63, 3.8) is 0 Å². The zero-order valence-electron chi connectivity index (χ0n) is 19.4. The van der Waals surface area contributed by atoms with Crippen LogP contribution < -0.4 is 5.32 Å². The van der Waals surface area contributed by atoms with E-state index < -0.39 is 24.1 Å². The van der Waals surface area contributed by atoms with Crippen molar-refractivity contribution in [2.75, 3.05) is 6.61 Å². The summed E-state index contributed by atoms with van der Waals surface area (Å²) in [4.78, 5) is 39.6. The van der Waals surface area contributed by atoms with Crippen LogP contribution >= 0.6 is 12.4 Å². The summed E-state index contributed by atoms with van der Waals surface area (Å²) in [7, 11) is 0. The second-order valence-electron chi connectivity index (χ2n) is 8.85. The predicted octanol–water partition coefficient (Wildman–Crippen LogP) is 2.77. The van der Waals surface area contributed by atoms with Crippen LogP contribution in [0.2, 0.25) is 0 Å². The molecule has 0 bridgehead atoms. The Kier molecular flexibility index (Phi) is 8.33. The highest BCUT2D eigenvalue weighted by Gasteiger charge is 2.40. The quantitative estimate of drug-likeness (QED) is 0.584. The Hall–Kier alpha value is -2.90. The van der Waals surface area contributed by atoms with Gasteiger partial charge in [0.25, 0.3) is 0 Å². The van der Waals surface area contributed by atoms with Gasteiger partial charge in [-0.05, 0) is 54.9 Å². The Bertz CT molecular complexity index is 1030. The van der Waals surface area contributed by atoms with Crippen molar-refractivity contribution in [3.05, 3.63) is 70.8 Å². The predicted molar refractivity (Wildman–Crippen MR) is 130 cm³/mol. The number of hydrogen-bond acceptors (Lipinski definition) is 5. The monoisotopic (exact) mass is 486 g/mol. The van der Waals surface area contributed by atoms with Crippen LogP contribution in [0.1, 0.15) is 36.1 Å². The van der Waals surface area contributed by atoms with Crippen LogP contribution in [0.15, 0.2) is 48.5 Å². The van der Waals surface area contributed by atoms with E-state index >= 15 is 0 Å². The number of ether oxygens (including phenoxy) is 1. The van der Waals surface area contributed by atoms with Gasteiger partial charge in [0.15, 0.2) is 0 Å². The van der Waals surface area contributed by atoms with Crippen LogP contribution in [0.5, 0.6) is 0 Å². The Labute approximate surface area is 205 Å². The van der Waals surface area contributed by atoms with Gasteiger partial charge >= 0.3 is 11.9 Å². The van der Waals surface area contributed by atoms with Crippen molar-refractivity contribution in [2.24, 2.45) is 5.92 Å². The fraction of sp³-hybridized carbons (Fsp3) is 0.423. The summed E-state index contributed by atoms with van der Waals surface area (Å²) in [5, 5.41) is 13.0. The third-order valence-electron chi connectivity index (χ3n) is 6.71. The molecule has 2 aromatic rings. The molecule has 1 aliphatic heterocycles. The van der Waals surface area contributed by atoms with Crippen molar-refractivity contribution in [2.45, 2.75) is 57.8 Å². The number of amides is 1. The van der Waals surface area contributed by atoms with Gasteiger partial charge in [-0.25, -0.2) is 4.79 Å². The number of rotatable bonds is 7. The van der Waals surface area contributed by atoms with Gasteiger partial charge in [0.2, 0.25) is 5.91 Å². The molecule has 1 heterocycles. The van der Waals surface area contributed by atoms with Crippen LogP contribution in [0.25, 0.3) is 0 Å². The molecule has 0 saturated carbocycles. The number of esters is 1. The molecule has 4 rings (SSSR count). The van der Waals surface area contributed by atoms with E-state index in [4.69, 9.17) is 4.74 Å². The van der Waals surface area contributed by atoms with Crippen molar-refractivity contribution in [1.82, 2.24) is 10.2 Å². The zero-order valence-corrected chi connectivity index (χ0v) is 20.2. The molecule has 7 nitrogen and oxygen atoms in total. The first-order chi connectivity index (χ1) is 15.9. The van der Waals surface area contributed by atoms with E-state index in [1.165, 1.54) is 16.0 Å². The summed E-state index contributed by atoms with van der Waals surface area (Å²) in [5.41, 5.74) is 4.30. The van der Waals surface area contributed by atoms with Crippen LogP contribution in [0.4, 0.5) is 0 Å². The van der Waals surface area contributed by atoms with Crippen molar-refractivity contribution in [1.29, 1.82) is 0 Å². The molecule has 0 radical (unpaired) electrons. The van der Waals surface area contributed by atoms with E-state index in [0.29, 0.717) is 0 Å². The second kappa shape index (κ2) is 11.0. The summed E-state index contributed by atoms with van der Waals surface area (Å²) >= 11 is 0. The van der Waals surface area contributed by atoms with Crippen LogP contribution in [0.3, 0.4) is 0 Å². The fourth-order valence-corrected chi connectivity index (χ4v) is 5.02. The second-order valence-corrected chi connectivity index (χ2v) is 8.85. The maximum Gasteiger partial charge on any atom is 0.326 e. The number of carbonyl (C=O) groups is 3. The first-order valence-electron chi connectivity index (χ1n) is 11.5. The molecule has 1 aliphatic carbocycles. The van der Waals surface area contributed by atoms with E-state index in [2.05, 4.69) is 17.4 Å². The number of nitrogens with one attached hydrogen (secondary N) is 1. The van der Waals surface area contributed by atoms with Gasteiger partial charge in [0.1, 0.15) is 12.1 Å². The molecule has 3 unspecified atom stereocenters. The smallest absolute Gasteiger partial charge is 0.326 e. The minimum absolute atomic E-state index is 0. The van der Waals surface area contributed by atoms with Crippen molar-refractivity contribution in [3.8, 4) is 0 Å². The number of aliphatic carboxylic acids is 1. The molecule has 0 fully saturated rings. The highest BCUT2D eigenvalue weighted by molar-refractivity contribution is 5.88. The molecule has 2 N–H and O–H groups in total. The highest BCUT2D eigenvalue weighted by Crippen LogP contribution is 2.30. The standard InChI is InChI=1S/C26H30N2O5.ClH/c1-3-33-26(32)23(21-12-17-8-4-5-9-18(17)13-21)27-16(2)24(29)28-15-20-11-7-6-10-19(20)14-22(28)25(30)31;/h4-11,16,21-23,27H,3,12-15H2,1-2H3,(H,30,31);1H. The van der Waals surface area contributed by atoms with Gasteiger partial charge in [-0.1, -0.05) is 48.5 Å². The average molecular weight is 487 g/mol. The van der Waals surface area contributed by atoms with Crippen LogP contribution in [-0.2, 0) is 44.9 Å². The topological polar surface area (TPSA) is 95.9 Å². The first kappa shape index (κ1) is 25.7. The molecule has 34 heavy (non-hydrogen) atoms. The molecule has 2 aromatic carbocycles. The number of carboxylic acids is 1. The van der Waals surface area contributed by atoms with E-state index in [0.717, 1.165) is 24.0 Å². The maximum atomic E-state index is 13.4. The molecule has 182 valence electrons. The minimum atomic E-state index is -1.03. The molecule has 0 saturated heterocycles. The summed E-state index contributed by atoms with van der Waals surface area (Å²) < 4.78 is 5.33. The number of nitrogens with zero attached hydrogens (tertiary/aromatic N) is 1. The average Bonchev–Trinajstić information content (AvgIpc) is 3.25. The van der Waals surface area contributed by atoms with E-state index in [1.807, 2.05) is 36.4 Å². The SMILES string of the molecule is CCOC(=O)C(NC(C)C(=O)N1Cc2ccccc2CC1C(=O)O)C1Cc2ccccc2C1.Cl. The maximum absolute atomic E-state index is 13.4. The number of carbonyl (C=O) groups excluding carboxylic acids is 2. The third-order valence-corrected chi connectivity index (χ3v) is 6.71. The van der Waals surface area contributed by atoms with E-state index in [9.17, 15) is 19.5 Å². The summed E-state index contributed by atoms with van der Waals surface area (Å²) in [6.07, 6.45) is 1.72. The third kappa shape index (κ3) is 5.26. The van der Waals surface area contributed by atoms with Gasteiger partial charge in [-0.2, -0.15) is 0 Å². The molecule has 3 atom stereocenters. The lowest BCUT2D eigenvalue weighted by Gasteiger charge is -2.37. The van der Waals surface area contributed by atoms with Crippen LogP contribution in [-0.4, -0.2) is 52.6 Å². The number of fused-ring (bicyclic) bond motifs is 2. The molecular formula is C26H31ClN2O5. The lowest BCUT2D eigenvalue weighted by atomic mass is 9.93. The van der Waals surface area contributed by atoms with Gasteiger partial charge in [-0.15, -0.1) is 12.4 Å². The van der Waals surface area contributed by atoms with Gasteiger partial charge in [0.05, 0.1) is 12.6 Å². The normalized spacial score (nSPS) is 18.8. The van der Waals surface area contributed by atoms with Crippen molar-refractivity contribution >= 4 is 30.3 Å². The first-order valence-corrected chi connectivity index (χ1v) is 11.5. The minimum Gasteiger partial charge on any atom is -0.480 e. The lowest BCUT2D eigenvalue weighted by molar-refractivity contribution is -0.153. The van der Waals surface area contributed by atoms with Gasteiger partial charge in [0, 0.05) is 13.0 Å². The Morgan fingerprint density at radius 2 is 1.53 bits per heavy atom. The largest absolute Gasteiger partial charge is 0.480 e. The van der Waals surface area contributed by atoms with Crippen LogP contribution in [0, 0.1) is 5.92 Å². The molecule has 0 spiro atoms.